The summed E-state index contributed by atoms with van der Waals surface area (Å²) >= 11 is 3.23. The van der Waals surface area contributed by atoms with Gasteiger partial charge in [-0.1, -0.05) is 0 Å². The monoisotopic (exact) mass is 359 g/mol. The number of aromatic nitrogens is 3. The number of anilines is 1. The predicted octanol–water partition coefficient (Wildman–Crippen LogP) is 1.06. The number of sulfonamides is 1. The number of nitrogens with one attached hydrogen (secondary N) is 2. The van der Waals surface area contributed by atoms with E-state index < -0.39 is 10.0 Å². The zero-order valence-corrected chi connectivity index (χ0v) is 12.9. The Bertz CT molecular complexity index is 672. The van der Waals surface area contributed by atoms with Crippen molar-refractivity contribution in [2.75, 3.05) is 12.3 Å². The first-order valence-electron chi connectivity index (χ1n) is 5.88. The molecule has 0 atom stereocenters. The Morgan fingerprint density at radius 3 is 2.85 bits per heavy atom. The second kappa shape index (κ2) is 6.33. The molecule has 0 saturated heterocycles. The number of hydrogen-bond acceptors (Lipinski definition) is 5. The number of aromatic amines is 1. The number of halogens is 1. The van der Waals surface area contributed by atoms with E-state index in [0.717, 1.165) is 5.82 Å². The van der Waals surface area contributed by atoms with E-state index in [1.54, 1.807) is 6.07 Å². The highest BCUT2D eigenvalue weighted by atomic mass is 79.9. The Morgan fingerprint density at radius 1 is 1.40 bits per heavy atom. The molecule has 0 aliphatic heterocycles. The van der Waals surface area contributed by atoms with E-state index in [1.165, 1.54) is 18.5 Å². The van der Waals surface area contributed by atoms with Crippen molar-refractivity contribution < 1.29 is 8.42 Å². The number of hydrogen-bond donors (Lipinski definition) is 3. The number of H-pyrrole nitrogens is 1. The van der Waals surface area contributed by atoms with E-state index in [0.29, 0.717) is 29.5 Å². The van der Waals surface area contributed by atoms with Gasteiger partial charge in [0.25, 0.3) is 0 Å². The molecule has 0 unspecified atom stereocenters. The van der Waals surface area contributed by atoms with Crippen LogP contribution >= 0.6 is 15.9 Å². The first-order chi connectivity index (χ1) is 9.49. The summed E-state index contributed by atoms with van der Waals surface area (Å²) in [5.74, 6) is 0.733. The van der Waals surface area contributed by atoms with Crippen LogP contribution in [0.3, 0.4) is 0 Å². The minimum Gasteiger partial charge on any atom is -0.398 e. The van der Waals surface area contributed by atoms with E-state index in [2.05, 4.69) is 35.8 Å². The molecular formula is C11H14BrN5O2S. The molecule has 9 heteroatoms. The fraction of sp³-hybridized carbons (Fsp3) is 0.273. The molecule has 0 aliphatic rings. The van der Waals surface area contributed by atoms with Gasteiger partial charge >= 0.3 is 0 Å². The average molecular weight is 360 g/mol. The Kier molecular flexibility index (Phi) is 4.73. The van der Waals surface area contributed by atoms with Crippen LogP contribution in [-0.4, -0.2) is 30.1 Å². The summed E-state index contributed by atoms with van der Waals surface area (Å²) in [5.41, 5.74) is 6.06. The summed E-state index contributed by atoms with van der Waals surface area (Å²) in [6.45, 7) is 0.318. The van der Waals surface area contributed by atoms with Gasteiger partial charge in [-0.25, -0.2) is 18.1 Å². The van der Waals surface area contributed by atoms with Crippen molar-refractivity contribution >= 4 is 31.6 Å². The number of rotatable bonds is 6. The molecule has 1 aromatic heterocycles. The lowest BCUT2D eigenvalue weighted by Crippen LogP contribution is -2.25. The molecule has 0 saturated carbocycles. The minimum absolute atomic E-state index is 0.151. The first kappa shape index (κ1) is 14.9. The molecule has 0 fully saturated rings. The summed E-state index contributed by atoms with van der Waals surface area (Å²) in [6, 6.07) is 4.53. The third-order valence-corrected chi connectivity index (χ3v) is 4.81. The third kappa shape index (κ3) is 3.78. The van der Waals surface area contributed by atoms with Crippen LogP contribution in [-0.2, 0) is 16.4 Å². The van der Waals surface area contributed by atoms with Crippen molar-refractivity contribution in [3.8, 4) is 0 Å². The molecule has 4 N–H and O–H groups in total. The van der Waals surface area contributed by atoms with Crippen molar-refractivity contribution in [3.63, 3.8) is 0 Å². The van der Waals surface area contributed by atoms with Crippen molar-refractivity contribution in [1.82, 2.24) is 19.9 Å². The Labute approximate surface area is 125 Å². The quantitative estimate of drug-likeness (QED) is 0.527. The molecule has 0 aliphatic carbocycles. The molecule has 108 valence electrons. The fourth-order valence-electron chi connectivity index (χ4n) is 1.59. The van der Waals surface area contributed by atoms with Crippen LogP contribution in [0, 0.1) is 0 Å². The van der Waals surface area contributed by atoms with Gasteiger partial charge in [-0.15, -0.1) is 0 Å². The molecule has 0 amide bonds. The average Bonchev–Trinajstić information content (AvgIpc) is 2.91. The van der Waals surface area contributed by atoms with Gasteiger partial charge in [0.05, 0.1) is 4.90 Å². The summed E-state index contributed by atoms with van der Waals surface area (Å²) in [7, 11) is -3.54. The summed E-state index contributed by atoms with van der Waals surface area (Å²) < 4.78 is 27.3. The van der Waals surface area contributed by atoms with Crippen LogP contribution in [0.4, 0.5) is 5.69 Å². The van der Waals surface area contributed by atoms with Crippen molar-refractivity contribution in [3.05, 3.63) is 34.8 Å². The number of nitrogen functional groups attached to an aromatic ring is 1. The lowest BCUT2D eigenvalue weighted by atomic mass is 10.3. The van der Waals surface area contributed by atoms with Gasteiger partial charge < -0.3 is 5.73 Å². The smallest absolute Gasteiger partial charge is 0.240 e. The van der Waals surface area contributed by atoms with Crippen LogP contribution in [0.2, 0.25) is 0 Å². The maximum absolute atomic E-state index is 12.0. The summed E-state index contributed by atoms with van der Waals surface area (Å²) in [6.07, 6.45) is 2.68. The van der Waals surface area contributed by atoms with Crippen LogP contribution in [0.5, 0.6) is 0 Å². The van der Waals surface area contributed by atoms with E-state index in [1.807, 2.05) is 0 Å². The number of nitrogens with zero attached hydrogens (tertiary/aromatic N) is 2. The Balaban J connectivity index is 1.92. The van der Waals surface area contributed by atoms with Crippen LogP contribution in [0.1, 0.15) is 12.2 Å². The van der Waals surface area contributed by atoms with E-state index in [9.17, 15) is 8.42 Å². The molecule has 0 radical (unpaired) electrons. The van der Waals surface area contributed by atoms with Crippen molar-refractivity contribution in [2.45, 2.75) is 17.7 Å². The van der Waals surface area contributed by atoms with E-state index in [4.69, 9.17) is 5.73 Å². The van der Waals surface area contributed by atoms with Crippen LogP contribution in [0.25, 0.3) is 0 Å². The molecule has 0 spiro atoms. The molecule has 2 rings (SSSR count). The molecular weight excluding hydrogens is 346 g/mol. The summed E-state index contributed by atoms with van der Waals surface area (Å²) in [4.78, 5) is 4.11. The maximum atomic E-state index is 12.0. The van der Waals surface area contributed by atoms with Gasteiger partial charge in [-0.2, -0.15) is 5.10 Å². The fourth-order valence-corrected chi connectivity index (χ4v) is 2.94. The number of benzene rings is 1. The maximum Gasteiger partial charge on any atom is 0.240 e. The van der Waals surface area contributed by atoms with Crippen molar-refractivity contribution in [2.24, 2.45) is 0 Å². The van der Waals surface area contributed by atoms with Crippen LogP contribution in [0.15, 0.2) is 33.9 Å². The third-order valence-electron chi connectivity index (χ3n) is 2.63. The standard InChI is InChI=1S/C11H14BrN5O2S/c12-9-4-3-8(6-10(9)13)20(18,19)16-5-1-2-11-14-7-15-17-11/h3-4,6-7,16H,1-2,5,13H2,(H,14,15,17). The van der Waals surface area contributed by atoms with Gasteiger partial charge in [-0.05, 0) is 40.5 Å². The van der Waals surface area contributed by atoms with Gasteiger partial charge in [-0.3, -0.25) is 5.10 Å². The molecule has 1 heterocycles. The highest BCUT2D eigenvalue weighted by Gasteiger charge is 2.14. The Hall–Kier alpha value is -1.45. The molecule has 20 heavy (non-hydrogen) atoms. The predicted molar refractivity (Wildman–Crippen MR) is 78.4 cm³/mol. The second-order valence-electron chi connectivity index (χ2n) is 4.12. The topological polar surface area (TPSA) is 114 Å². The lowest BCUT2D eigenvalue weighted by molar-refractivity contribution is 0.578. The second-order valence-corrected chi connectivity index (χ2v) is 6.74. The SMILES string of the molecule is Nc1cc(S(=O)(=O)NCCCc2ncn[nH]2)ccc1Br. The first-order valence-corrected chi connectivity index (χ1v) is 8.15. The highest BCUT2D eigenvalue weighted by Crippen LogP contribution is 2.22. The molecule has 0 bridgehead atoms. The lowest BCUT2D eigenvalue weighted by Gasteiger charge is -2.07. The van der Waals surface area contributed by atoms with Gasteiger partial charge in [0.1, 0.15) is 12.2 Å². The van der Waals surface area contributed by atoms with Crippen molar-refractivity contribution in [1.29, 1.82) is 0 Å². The number of nitrogens with two attached hydrogens (primary N) is 1. The minimum atomic E-state index is -3.54. The zero-order chi connectivity index (χ0) is 14.6. The molecule has 1 aromatic carbocycles. The zero-order valence-electron chi connectivity index (χ0n) is 10.5. The normalized spacial score (nSPS) is 11.7. The largest absolute Gasteiger partial charge is 0.398 e. The van der Waals surface area contributed by atoms with Crippen LogP contribution < -0.4 is 10.5 Å². The molecule has 2 aromatic rings. The molecule has 7 nitrogen and oxygen atoms in total. The number of aryl methyl sites for hydroxylation is 1. The highest BCUT2D eigenvalue weighted by molar-refractivity contribution is 9.10. The summed E-state index contributed by atoms with van der Waals surface area (Å²) in [5, 5.41) is 6.44. The van der Waals surface area contributed by atoms with E-state index >= 15 is 0 Å². The van der Waals surface area contributed by atoms with Gasteiger partial charge in [0, 0.05) is 23.1 Å². The van der Waals surface area contributed by atoms with Gasteiger partial charge in [0.2, 0.25) is 10.0 Å². The Morgan fingerprint density at radius 2 is 2.20 bits per heavy atom. The van der Waals surface area contributed by atoms with Gasteiger partial charge in [0.15, 0.2) is 0 Å². The van der Waals surface area contributed by atoms with E-state index in [-0.39, 0.29) is 4.90 Å².